The second-order valence-electron chi connectivity index (χ2n) is 5.47. The summed E-state index contributed by atoms with van der Waals surface area (Å²) in [5.74, 6) is 0.343. The Kier molecular flexibility index (Phi) is 3.37. The molecule has 0 saturated heterocycles. The maximum Gasteiger partial charge on any atom is 0.185 e. The normalized spacial score (nSPS) is 21.6. The summed E-state index contributed by atoms with van der Waals surface area (Å²) >= 11 is 0. The maximum atomic E-state index is 12.6. The van der Waals surface area contributed by atoms with Gasteiger partial charge in [0, 0.05) is 5.57 Å². The standard InChI is InChI=1S/C18H20O/c1-2-15(13-8-4-3-5-9-13)17-12-14-10-6-7-11-16(14)18(17)19/h3-5,8-9H,2,6-7,10-12H2,1H3/b17-15+. The molecule has 0 amide bonds. The topological polar surface area (TPSA) is 17.1 Å². The summed E-state index contributed by atoms with van der Waals surface area (Å²) in [7, 11) is 0. The second kappa shape index (κ2) is 5.16. The number of hydrogen-bond acceptors (Lipinski definition) is 1. The van der Waals surface area contributed by atoms with Crippen LogP contribution in [-0.2, 0) is 4.79 Å². The van der Waals surface area contributed by atoms with Crippen molar-refractivity contribution in [3.8, 4) is 0 Å². The highest BCUT2D eigenvalue weighted by Gasteiger charge is 2.31. The number of allylic oxidation sites excluding steroid dienone is 4. The Morgan fingerprint density at radius 1 is 1.11 bits per heavy atom. The molecule has 98 valence electrons. The van der Waals surface area contributed by atoms with E-state index in [2.05, 4.69) is 31.2 Å². The first kappa shape index (κ1) is 12.4. The summed E-state index contributed by atoms with van der Waals surface area (Å²) in [5.41, 5.74) is 6.10. The molecule has 1 heteroatoms. The fourth-order valence-corrected chi connectivity index (χ4v) is 3.39. The number of rotatable bonds is 2. The van der Waals surface area contributed by atoms with E-state index in [-0.39, 0.29) is 0 Å². The molecule has 2 aliphatic carbocycles. The number of hydrogen-bond donors (Lipinski definition) is 0. The minimum Gasteiger partial charge on any atom is -0.289 e. The Balaban J connectivity index is 2.02. The molecule has 0 bridgehead atoms. The molecule has 0 aromatic heterocycles. The number of ketones is 1. The Morgan fingerprint density at radius 2 is 1.84 bits per heavy atom. The van der Waals surface area contributed by atoms with Crippen molar-refractivity contribution in [2.24, 2.45) is 0 Å². The average molecular weight is 252 g/mol. The van der Waals surface area contributed by atoms with Gasteiger partial charge >= 0.3 is 0 Å². The minimum absolute atomic E-state index is 0.343. The van der Waals surface area contributed by atoms with Crippen molar-refractivity contribution in [3.63, 3.8) is 0 Å². The van der Waals surface area contributed by atoms with E-state index < -0.39 is 0 Å². The summed E-state index contributed by atoms with van der Waals surface area (Å²) in [5, 5.41) is 0. The van der Waals surface area contributed by atoms with Gasteiger partial charge in [-0.15, -0.1) is 0 Å². The first-order valence-corrected chi connectivity index (χ1v) is 7.34. The van der Waals surface area contributed by atoms with Crippen LogP contribution in [0.1, 0.15) is 51.0 Å². The zero-order chi connectivity index (χ0) is 13.2. The fraction of sp³-hybridized carbons (Fsp3) is 0.389. The summed E-state index contributed by atoms with van der Waals surface area (Å²) in [6.07, 6.45) is 6.43. The van der Waals surface area contributed by atoms with Crippen molar-refractivity contribution in [3.05, 3.63) is 52.6 Å². The first-order valence-electron chi connectivity index (χ1n) is 7.34. The SMILES string of the molecule is CC/C(=C1/CC2=C(CCCC2)C1=O)c1ccccc1. The van der Waals surface area contributed by atoms with E-state index in [9.17, 15) is 4.79 Å². The molecule has 19 heavy (non-hydrogen) atoms. The Labute approximate surface area is 115 Å². The molecule has 1 aromatic carbocycles. The van der Waals surface area contributed by atoms with E-state index >= 15 is 0 Å². The molecule has 0 N–H and O–H groups in total. The maximum absolute atomic E-state index is 12.6. The van der Waals surface area contributed by atoms with E-state index in [0.29, 0.717) is 5.78 Å². The molecule has 0 radical (unpaired) electrons. The molecule has 3 rings (SSSR count). The van der Waals surface area contributed by atoms with Crippen molar-refractivity contribution in [1.29, 1.82) is 0 Å². The van der Waals surface area contributed by atoms with Gasteiger partial charge in [0.2, 0.25) is 0 Å². The summed E-state index contributed by atoms with van der Waals surface area (Å²) in [4.78, 5) is 12.6. The van der Waals surface area contributed by atoms with Gasteiger partial charge in [-0.1, -0.05) is 42.8 Å². The lowest BCUT2D eigenvalue weighted by atomic mass is 9.94. The van der Waals surface area contributed by atoms with Crippen molar-refractivity contribution >= 4 is 11.4 Å². The largest absolute Gasteiger partial charge is 0.289 e. The van der Waals surface area contributed by atoms with Crippen LogP contribution in [-0.4, -0.2) is 5.78 Å². The molecule has 0 fully saturated rings. The van der Waals surface area contributed by atoms with Crippen molar-refractivity contribution in [2.45, 2.75) is 45.4 Å². The van der Waals surface area contributed by atoms with Gasteiger partial charge in [-0.05, 0) is 55.2 Å². The lowest BCUT2D eigenvalue weighted by molar-refractivity contribution is -0.112. The summed E-state index contributed by atoms with van der Waals surface area (Å²) in [6, 6.07) is 10.4. The van der Waals surface area contributed by atoms with Crippen LogP contribution in [0, 0.1) is 0 Å². The van der Waals surface area contributed by atoms with Gasteiger partial charge in [-0.25, -0.2) is 0 Å². The van der Waals surface area contributed by atoms with Gasteiger partial charge in [0.25, 0.3) is 0 Å². The quantitative estimate of drug-likeness (QED) is 0.698. The number of carbonyl (C=O) groups excluding carboxylic acids is 1. The summed E-state index contributed by atoms with van der Waals surface area (Å²) in [6.45, 7) is 2.15. The smallest absolute Gasteiger partial charge is 0.185 e. The molecular weight excluding hydrogens is 232 g/mol. The van der Waals surface area contributed by atoms with Gasteiger partial charge in [0.05, 0.1) is 0 Å². The third-order valence-corrected chi connectivity index (χ3v) is 4.36. The molecule has 0 unspecified atom stereocenters. The number of carbonyl (C=O) groups is 1. The molecule has 1 nitrogen and oxygen atoms in total. The van der Waals surface area contributed by atoms with E-state index in [1.54, 1.807) is 0 Å². The van der Waals surface area contributed by atoms with E-state index in [4.69, 9.17) is 0 Å². The third kappa shape index (κ3) is 2.18. The van der Waals surface area contributed by atoms with Crippen LogP contribution in [0.25, 0.3) is 5.57 Å². The molecule has 1 aromatic rings. The lowest BCUT2D eigenvalue weighted by Gasteiger charge is -2.10. The van der Waals surface area contributed by atoms with E-state index in [1.807, 2.05) is 6.07 Å². The molecule has 0 heterocycles. The van der Waals surface area contributed by atoms with Crippen LogP contribution in [0.5, 0.6) is 0 Å². The van der Waals surface area contributed by atoms with E-state index in [0.717, 1.165) is 36.8 Å². The average Bonchev–Trinajstić information content (AvgIpc) is 2.79. The first-order chi connectivity index (χ1) is 9.31. The zero-order valence-corrected chi connectivity index (χ0v) is 11.5. The van der Waals surface area contributed by atoms with Gasteiger partial charge in [-0.2, -0.15) is 0 Å². The lowest BCUT2D eigenvalue weighted by Crippen LogP contribution is -2.04. The molecule has 0 saturated carbocycles. The predicted octanol–water partition coefficient (Wildman–Crippen LogP) is 4.69. The van der Waals surface area contributed by atoms with Crippen LogP contribution >= 0.6 is 0 Å². The van der Waals surface area contributed by atoms with Crippen LogP contribution < -0.4 is 0 Å². The van der Waals surface area contributed by atoms with Crippen LogP contribution in [0.15, 0.2) is 47.1 Å². The van der Waals surface area contributed by atoms with Gasteiger partial charge < -0.3 is 0 Å². The fourth-order valence-electron chi connectivity index (χ4n) is 3.39. The van der Waals surface area contributed by atoms with E-state index in [1.165, 1.54) is 29.6 Å². The highest BCUT2D eigenvalue weighted by molar-refractivity contribution is 6.16. The molecule has 0 spiro atoms. The highest BCUT2D eigenvalue weighted by Crippen LogP contribution is 2.41. The minimum atomic E-state index is 0.343. The molecule has 0 atom stereocenters. The number of Topliss-reactive ketones (excluding diaryl/α,β-unsaturated/α-hetero) is 1. The van der Waals surface area contributed by atoms with Crippen LogP contribution in [0.2, 0.25) is 0 Å². The summed E-state index contributed by atoms with van der Waals surface area (Å²) < 4.78 is 0. The van der Waals surface area contributed by atoms with Gasteiger partial charge in [-0.3, -0.25) is 4.79 Å². The third-order valence-electron chi connectivity index (χ3n) is 4.36. The Bertz CT molecular complexity index is 561. The number of benzene rings is 1. The molecule has 0 aliphatic heterocycles. The monoisotopic (exact) mass is 252 g/mol. The second-order valence-corrected chi connectivity index (χ2v) is 5.47. The zero-order valence-electron chi connectivity index (χ0n) is 11.5. The van der Waals surface area contributed by atoms with Crippen LogP contribution in [0.4, 0.5) is 0 Å². The highest BCUT2D eigenvalue weighted by atomic mass is 16.1. The van der Waals surface area contributed by atoms with Gasteiger partial charge in [0.15, 0.2) is 5.78 Å². The predicted molar refractivity (Wildman–Crippen MR) is 78.8 cm³/mol. The Morgan fingerprint density at radius 3 is 2.53 bits per heavy atom. The molecular formula is C18H20O. The molecule has 2 aliphatic rings. The van der Waals surface area contributed by atoms with Crippen molar-refractivity contribution in [1.82, 2.24) is 0 Å². The van der Waals surface area contributed by atoms with Crippen molar-refractivity contribution in [2.75, 3.05) is 0 Å². The van der Waals surface area contributed by atoms with Gasteiger partial charge in [0.1, 0.15) is 0 Å². The van der Waals surface area contributed by atoms with Crippen molar-refractivity contribution < 1.29 is 4.79 Å². The Hall–Kier alpha value is -1.63. The van der Waals surface area contributed by atoms with Crippen LogP contribution in [0.3, 0.4) is 0 Å².